The van der Waals surface area contributed by atoms with Crippen LogP contribution in [0, 0.1) is 0 Å². The Morgan fingerprint density at radius 2 is 1.95 bits per heavy atom. The van der Waals surface area contributed by atoms with Crippen LogP contribution in [-0.4, -0.2) is 36.5 Å². The molecule has 0 unspecified atom stereocenters. The highest BCUT2D eigenvalue weighted by atomic mass is 16.5. The predicted molar refractivity (Wildman–Crippen MR) is 78.7 cm³/mol. The number of nitrogens with one attached hydrogen (secondary N) is 1. The molecule has 0 radical (unpaired) electrons. The highest BCUT2D eigenvalue weighted by Crippen LogP contribution is 2.32. The molecule has 0 saturated heterocycles. The average Bonchev–Trinajstić information content (AvgIpc) is 2.79. The Morgan fingerprint density at radius 3 is 2.68 bits per heavy atom. The highest BCUT2D eigenvalue weighted by molar-refractivity contribution is 5.87. The fraction of sp³-hybridized carbons (Fsp3) is 0.267. The topological polar surface area (TPSA) is 82.6 Å². The van der Waals surface area contributed by atoms with Gasteiger partial charge in [0.2, 0.25) is 0 Å². The average molecular weight is 301 g/mol. The van der Waals surface area contributed by atoms with Crippen LogP contribution in [0.5, 0.6) is 11.5 Å². The molecule has 1 aliphatic rings. The quantitative estimate of drug-likeness (QED) is 0.870. The number of methoxy groups -OCH3 is 1. The first-order valence-corrected chi connectivity index (χ1v) is 6.85. The van der Waals surface area contributed by atoms with Gasteiger partial charge in [0.15, 0.2) is 23.0 Å². The van der Waals surface area contributed by atoms with E-state index in [2.05, 4.69) is 20.3 Å². The van der Waals surface area contributed by atoms with E-state index in [0.29, 0.717) is 24.8 Å². The van der Waals surface area contributed by atoms with E-state index < -0.39 is 5.97 Å². The van der Waals surface area contributed by atoms with Crippen molar-refractivity contribution in [3.8, 4) is 11.5 Å². The van der Waals surface area contributed by atoms with Crippen molar-refractivity contribution in [2.45, 2.75) is 6.42 Å². The molecule has 0 saturated carbocycles. The maximum Gasteiger partial charge on any atom is 0.358 e. The van der Waals surface area contributed by atoms with Crippen molar-refractivity contribution in [1.29, 1.82) is 0 Å². The van der Waals surface area contributed by atoms with E-state index in [1.165, 1.54) is 7.11 Å². The van der Waals surface area contributed by atoms with Crippen molar-refractivity contribution in [2.75, 3.05) is 25.6 Å². The summed E-state index contributed by atoms with van der Waals surface area (Å²) in [6, 6.07) is 8.76. The molecule has 22 heavy (non-hydrogen) atoms. The number of fused-ring (bicyclic) bond motifs is 1. The summed E-state index contributed by atoms with van der Waals surface area (Å²) in [5, 5.41) is 10.8. The Balaban J connectivity index is 1.75. The van der Waals surface area contributed by atoms with Gasteiger partial charge >= 0.3 is 5.97 Å². The Hall–Kier alpha value is -2.83. The molecular weight excluding hydrogens is 286 g/mol. The molecule has 0 amide bonds. The van der Waals surface area contributed by atoms with Crippen LogP contribution in [0.4, 0.5) is 11.5 Å². The fourth-order valence-electron chi connectivity index (χ4n) is 2.00. The molecule has 2 aromatic rings. The largest absolute Gasteiger partial charge is 0.490 e. The lowest BCUT2D eigenvalue weighted by Crippen LogP contribution is -2.06. The molecule has 1 aromatic heterocycles. The third-order valence-corrected chi connectivity index (χ3v) is 3.08. The monoisotopic (exact) mass is 301 g/mol. The Morgan fingerprint density at radius 1 is 1.14 bits per heavy atom. The number of hydrogen-bond acceptors (Lipinski definition) is 7. The van der Waals surface area contributed by atoms with Crippen LogP contribution in [0.25, 0.3) is 0 Å². The van der Waals surface area contributed by atoms with Gasteiger partial charge in [-0.15, -0.1) is 10.2 Å². The molecule has 2 heterocycles. The molecule has 3 rings (SSSR count). The number of carbonyl (C=O) groups excluding carboxylic acids is 1. The van der Waals surface area contributed by atoms with Crippen LogP contribution in [0.3, 0.4) is 0 Å². The lowest BCUT2D eigenvalue weighted by atomic mass is 10.2. The zero-order chi connectivity index (χ0) is 15.4. The summed E-state index contributed by atoms with van der Waals surface area (Å²) in [6.45, 7) is 1.28. The minimum absolute atomic E-state index is 0.159. The van der Waals surface area contributed by atoms with Gasteiger partial charge in [-0.2, -0.15) is 0 Å². The van der Waals surface area contributed by atoms with Crippen molar-refractivity contribution < 1.29 is 19.0 Å². The van der Waals surface area contributed by atoms with Crippen LogP contribution < -0.4 is 14.8 Å². The van der Waals surface area contributed by atoms with Gasteiger partial charge < -0.3 is 19.5 Å². The SMILES string of the molecule is COC(=O)c1ccc(Nc2ccc3c(c2)OCCCO3)nn1. The Labute approximate surface area is 127 Å². The van der Waals surface area contributed by atoms with E-state index in [4.69, 9.17) is 9.47 Å². The zero-order valence-electron chi connectivity index (χ0n) is 12.0. The van der Waals surface area contributed by atoms with Crippen molar-refractivity contribution in [2.24, 2.45) is 0 Å². The summed E-state index contributed by atoms with van der Waals surface area (Å²) in [7, 11) is 1.30. The van der Waals surface area contributed by atoms with Crippen molar-refractivity contribution in [1.82, 2.24) is 10.2 Å². The van der Waals surface area contributed by atoms with Crippen molar-refractivity contribution in [3.05, 3.63) is 36.0 Å². The summed E-state index contributed by atoms with van der Waals surface area (Å²) in [4.78, 5) is 11.3. The van der Waals surface area contributed by atoms with Crippen LogP contribution in [0.1, 0.15) is 16.9 Å². The molecule has 0 fully saturated rings. The number of hydrogen-bond donors (Lipinski definition) is 1. The molecule has 1 aromatic carbocycles. The molecule has 1 aliphatic heterocycles. The summed E-state index contributed by atoms with van der Waals surface area (Å²) in [5.74, 6) is 1.42. The second-order valence-corrected chi connectivity index (χ2v) is 4.63. The Bertz CT molecular complexity index is 673. The summed E-state index contributed by atoms with van der Waals surface area (Å²) < 4.78 is 15.8. The predicted octanol–water partition coefficient (Wildman–Crippen LogP) is 2.17. The smallest absolute Gasteiger partial charge is 0.358 e. The fourth-order valence-corrected chi connectivity index (χ4v) is 2.00. The maximum absolute atomic E-state index is 11.3. The van der Waals surface area contributed by atoms with Gasteiger partial charge in [-0.3, -0.25) is 0 Å². The summed E-state index contributed by atoms with van der Waals surface area (Å²) in [5.41, 5.74) is 0.955. The van der Waals surface area contributed by atoms with Gasteiger partial charge in [0.05, 0.1) is 20.3 Å². The number of carbonyl (C=O) groups is 1. The second-order valence-electron chi connectivity index (χ2n) is 4.63. The standard InChI is InChI=1S/C15H15N3O4/c1-20-15(19)11-4-6-14(18-17-11)16-10-3-5-12-13(9-10)22-8-2-7-21-12/h3-6,9H,2,7-8H2,1H3,(H,16,18). The normalized spacial score (nSPS) is 13.1. The molecule has 1 N–H and O–H groups in total. The van der Waals surface area contributed by atoms with E-state index in [1.807, 2.05) is 18.2 Å². The number of ether oxygens (including phenoxy) is 3. The summed E-state index contributed by atoms with van der Waals surface area (Å²) >= 11 is 0. The highest BCUT2D eigenvalue weighted by Gasteiger charge is 2.11. The van der Waals surface area contributed by atoms with E-state index in [9.17, 15) is 4.79 Å². The molecule has 0 atom stereocenters. The minimum Gasteiger partial charge on any atom is -0.490 e. The minimum atomic E-state index is -0.519. The van der Waals surface area contributed by atoms with Crippen LogP contribution in [0.15, 0.2) is 30.3 Å². The lowest BCUT2D eigenvalue weighted by molar-refractivity contribution is 0.0593. The number of rotatable bonds is 3. The number of nitrogens with zero attached hydrogens (tertiary/aromatic N) is 2. The molecule has 7 heteroatoms. The van der Waals surface area contributed by atoms with Crippen molar-refractivity contribution >= 4 is 17.5 Å². The van der Waals surface area contributed by atoms with E-state index in [1.54, 1.807) is 12.1 Å². The second kappa shape index (κ2) is 6.30. The van der Waals surface area contributed by atoms with E-state index in [0.717, 1.165) is 17.9 Å². The molecule has 0 spiro atoms. The molecular formula is C15H15N3O4. The number of aromatic nitrogens is 2. The first kappa shape index (κ1) is 14.1. The molecule has 114 valence electrons. The van der Waals surface area contributed by atoms with Crippen molar-refractivity contribution in [3.63, 3.8) is 0 Å². The van der Waals surface area contributed by atoms with Gasteiger partial charge in [0.1, 0.15) is 0 Å². The number of benzene rings is 1. The first-order valence-electron chi connectivity index (χ1n) is 6.85. The number of anilines is 2. The maximum atomic E-state index is 11.3. The zero-order valence-corrected chi connectivity index (χ0v) is 12.0. The van der Waals surface area contributed by atoms with Gasteiger partial charge in [-0.05, 0) is 24.3 Å². The van der Waals surface area contributed by atoms with Gasteiger partial charge in [0.25, 0.3) is 0 Å². The third kappa shape index (κ3) is 3.08. The first-order chi connectivity index (χ1) is 10.8. The Kier molecular flexibility index (Phi) is 4.04. The van der Waals surface area contributed by atoms with Crippen LogP contribution in [-0.2, 0) is 4.74 Å². The summed E-state index contributed by atoms with van der Waals surface area (Å²) in [6.07, 6.45) is 0.859. The van der Waals surface area contributed by atoms with Gasteiger partial charge in [0, 0.05) is 18.2 Å². The molecule has 7 nitrogen and oxygen atoms in total. The third-order valence-electron chi connectivity index (χ3n) is 3.08. The van der Waals surface area contributed by atoms with E-state index in [-0.39, 0.29) is 5.69 Å². The number of esters is 1. The lowest BCUT2D eigenvalue weighted by Gasteiger charge is -2.10. The van der Waals surface area contributed by atoms with E-state index >= 15 is 0 Å². The molecule has 0 aliphatic carbocycles. The van der Waals surface area contributed by atoms with Gasteiger partial charge in [-0.25, -0.2) is 4.79 Å². The van der Waals surface area contributed by atoms with Gasteiger partial charge in [-0.1, -0.05) is 0 Å². The van der Waals surface area contributed by atoms with Crippen LogP contribution in [0.2, 0.25) is 0 Å². The van der Waals surface area contributed by atoms with Crippen LogP contribution >= 0.6 is 0 Å². The molecule has 0 bridgehead atoms.